The standard InChI is InChI=1S/C16H21ClFNO2/c1-16(2,3)21-15(20)13-8-5-9-19(13)10-11-6-4-7-12(18)14(11)17/h4,6-7,13H,5,8-10H2,1-3H3/t13-/m1/s1. The molecule has 0 radical (unpaired) electrons. The van der Waals surface area contributed by atoms with Crippen LogP contribution < -0.4 is 0 Å². The predicted molar refractivity (Wildman–Crippen MR) is 80.7 cm³/mol. The molecule has 0 saturated carbocycles. The Morgan fingerprint density at radius 1 is 1.48 bits per heavy atom. The van der Waals surface area contributed by atoms with E-state index in [1.165, 1.54) is 6.07 Å². The summed E-state index contributed by atoms with van der Waals surface area (Å²) in [4.78, 5) is 14.3. The van der Waals surface area contributed by atoms with Crippen LogP contribution in [0.15, 0.2) is 18.2 Å². The minimum Gasteiger partial charge on any atom is -0.459 e. The van der Waals surface area contributed by atoms with Crippen molar-refractivity contribution in [2.45, 2.75) is 51.8 Å². The highest BCUT2D eigenvalue weighted by molar-refractivity contribution is 6.31. The van der Waals surface area contributed by atoms with Crippen LogP contribution >= 0.6 is 11.6 Å². The SMILES string of the molecule is CC(C)(C)OC(=O)[C@H]1CCCN1Cc1cccc(F)c1Cl. The molecule has 0 N–H and O–H groups in total. The Kier molecular flexibility index (Phi) is 4.89. The van der Waals surface area contributed by atoms with Crippen LogP contribution in [0, 0.1) is 5.82 Å². The topological polar surface area (TPSA) is 29.5 Å². The highest BCUT2D eigenvalue weighted by Gasteiger charge is 2.34. The Morgan fingerprint density at radius 2 is 2.19 bits per heavy atom. The quantitative estimate of drug-likeness (QED) is 0.795. The number of carbonyl (C=O) groups excluding carboxylic acids is 1. The van der Waals surface area contributed by atoms with Crippen molar-refractivity contribution in [1.82, 2.24) is 4.90 Å². The monoisotopic (exact) mass is 313 g/mol. The molecule has 1 atom stereocenters. The molecule has 0 spiro atoms. The van der Waals surface area contributed by atoms with Gasteiger partial charge in [-0.25, -0.2) is 4.39 Å². The highest BCUT2D eigenvalue weighted by Crippen LogP contribution is 2.26. The Bertz CT molecular complexity index is 527. The van der Waals surface area contributed by atoms with E-state index in [2.05, 4.69) is 0 Å². The Balaban J connectivity index is 2.09. The minimum absolute atomic E-state index is 0.132. The van der Waals surface area contributed by atoms with E-state index in [1.807, 2.05) is 25.7 Å². The van der Waals surface area contributed by atoms with E-state index in [4.69, 9.17) is 16.3 Å². The van der Waals surface area contributed by atoms with Crippen LogP contribution in [0.1, 0.15) is 39.2 Å². The van der Waals surface area contributed by atoms with Crippen LogP contribution in [0.3, 0.4) is 0 Å². The summed E-state index contributed by atoms with van der Waals surface area (Å²) < 4.78 is 18.9. The number of esters is 1. The minimum atomic E-state index is -0.498. The summed E-state index contributed by atoms with van der Waals surface area (Å²) in [5, 5.41) is 0.132. The number of benzene rings is 1. The Labute approximate surface area is 130 Å². The lowest BCUT2D eigenvalue weighted by molar-refractivity contribution is -0.160. The van der Waals surface area contributed by atoms with Gasteiger partial charge in [0.15, 0.2) is 0 Å². The average molecular weight is 314 g/mol. The van der Waals surface area contributed by atoms with Crippen LogP contribution in [0.25, 0.3) is 0 Å². The lowest BCUT2D eigenvalue weighted by Crippen LogP contribution is -2.40. The molecule has 2 rings (SSSR count). The summed E-state index contributed by atoms with van der Waals surface area (Å²) in [6, 6.07) is 4.48. The molecule has 1 aromatic carbocycles. The number of nitrogens with zero attached hydrogens (tertiary/aromatic N) is 1. The third kappa shape index (κ3) is 4.17. The van der Waals surface area contributed by atoms with Crippen LogP contribution in [-0.2, 0) is 16.1 Å². The third-order valence-electron chi connectivity index (χ3n) is 3.45. The molecular weight excluding hydrogens is 293 g/mol. The Morgan fingerprint density at radius 3 is 2.86 bits per heavy atom. The van der Waals surface area contributed by atoms with Crippen molar-refractivity contribution < 1.29 is 13.9 Å². The van der Waals surface area contributed by atoms with Gasteiger partial charge < -0.3 is 4.74 Å². The van der Waals surface area contributed by atoms with E-state index < -0.39 is 11.4 Å². The molecule has 1 aliphatic rings. The van der Waals surface area contributed by atoms with Crippen molar-refractivity contribution in [2.75, 3.05) is 6.54 Å². The fourth-order valence-corrected chi connectivity index (χ4v) is 2.73. The van der Waals surface area contributed by atoms with Gasteiger partial charge in [-0.15, -0.1) is 0 Å². The van der Waals surface area contributed by atoms with Gasteiger partial charge in [-0.3, -0.25) is 9.69 Å². The van der Waals surface area contributed by atoms with E-state index in [1.54, 1.807) is 12.1 Å². The number of hydrogen-bond donors (Lipinski definition) is 0. The maximum atomic E-state index is 13.5. The van der Waals surface area contributed by atoms with E-state index in [-0.39, 0.29) is 17.0 Å². The first-order chi connectivity index (χ1) is 9.78. The van der Waals surface area contributed by atoms with Gasteiger partial charge in [-0.1, -0.05) is 23.7 Å². The third-order valence-corrected chi connectivity index (χ3v) is 3.87. The maximum Gasteiger partial charge on any atom is 0.323 e. The van der Waals surface area contributed by atoms with Gasteiger partial charge in [0.05, 0.1) is 5.02 Å². The van der Waals surface area contributed by atoms with Crippen LogP contribution in [0.4, 0.5) is 4.39 Å². The molecule has 5 heteroatoms. The lowest BCUT2D eigenvalue weighted by Gasteiger charge is -2.27. The molecule has 116 valence electrons. The first-order valence-corrected chi connectivity index (χ1v) is 7.55. The van der Waals surface area contributed by atoms with Crippen molar-refractivity contribution in [2.24, 2.45) is 0 Å². The molecular formula is C16H21ClFNO2. The molecule has 0 bridgehead atoms. The van der Waals surface area contributed by atoms with Gasteiger partial charge in [0.2, 0.25) is 0 Å². The number of halogens is 2. The van der Waals surface area contributed by atoms with Crippen molar-refractivity contribution in [3.8, 4) is 0 Å². The molecule has 0 aliphatic carbocycles. The number of ether oxygens (including phenoxy) is 1. The Hall–Kier alpha value is -1.13. The van der Waals surface area contributed by atoms with Crippen molar-refractivity contribution in [3.63, 3.8) is 0 Å². The number of rotatable bonds is 3. The predicted octanol–water partition coefficient (Wildman–Crippen LogP) is 3.79. The summed E-state index contributed by atoms with van der Waals surface area (Å²) >= 11 is 5.99. The highest BCUT2D eigenvalue weighted by atomic mass is 35.5. The largest absolute Gasteiger partial charge is 0.459 e. The van der Waals surface area contributed by atoms with Gasteiger partial charge in [0.25, 0.3) is 0 Å². The van der Waals surface area contributed by atoms with Crippen molar-refractivity contribution >= 4 is 17.6 Å². The molecule has 0 amide bonds. The second kappa shape index (κ2) is 6.32. The molecule has 1 heterocycles. The van der Waals surface area contributed by atoms with Crippen LogP contribution in [0.5, 0.6) is 0 Å². The molecule has 21 heavy (non-hydrogen) atoms. The van der Waals surface area contributed by atoms with Crippen LogP contribution in [0.2, 0.25) is 5.02 Å². The van der Waals surface area contributed by atoms with Gasteiger partial charge in [0.1, 0.15) is 17.5 Å². The van der Waals surface area contributed by atoms with Crippen molar-refractivity contribution in [3.05, 3.63) is 34.6 Å². The van der Waals surface area contributed by atoms with Gasteiger partial charge in [-0.2, -0.15) is 0 Å². The molecule has 0 unspecified atom stereocenters. The van der Waals surface area contributed by atoms with E-state index >= 15 is 0 Å². The summed E-state index contributed by atoms with van der Waals surface area (Å²) in [6.07, 6.45) is 1.69. The second-order valence-electron chi connectivity index (χ2n) is 6.37. The zero-order valence-electron chi connectivity index (χ0n) is 12.7. The molecule has 1 fully saturated rings. The number of likely N-dealkylation sites (tertiary alicyclic amines) is 1. The number of carbonyl (C=O) groups is 1. The zero-order chi connectivity index (χ0) is 15.6. The maximum absolute atomic E-state index is 13.5. The second-order valence-corrected chi connectivity index (χ2v) is 6.75. The summed E-state index contributed by atoms with van der Waals surface area (Å²) in [5.74, 6) is -0.644. The fourth-order valence-electron chi connectivity index (χ4n) is 2.54. The first-order valence-electron chi connectivity index (χ1n) is 7.18. The molecule has 1 aromatic rings. The van der Waals surface area contributed by atoms with E-state index in [0.29, 0.717) is 12.1 Å². The number of hydrogen-bond acceptors (Lipinski definition) is 3. The molecule has 3 nitrogen and oxygen atoms in total. The molecule has 0 aromatic heterocycles. The van der Waals surface area contributed by atoms with Crippen LogP contribution in [-0.4, -0.2) is 29.1 Å². The molecule has 1 aliphatic heterocycles. The van der Waals surface area contributed by atoms with Gasteiger partial charge >= 0.3 is 5.97 Å². The smallest absolute Gasteiger partial charge is 0.323 e. The van der Waals surface area contributed by atoms with Crippen molar-refractivity contribution in [1.29, 1.82) is 0 Å². The summed E-state index contributed by atoms with van der Waals surface area (Å²) in [5.41, 5.74) is 0.203. The van der Waals surface area contributed by atoms with Gasteiger partial charge in [0, 0.05) is 6.54 Å². The molecule has 1 saturated heterocycles. The fraction of sp³-hybridized carbons (Fsp3) is 0.562. The normalized spacial score (nSPS) is 19.8. The van der Waals surface area contributed by atoms with E-state index in [0.717, 1.165) is 19.4 Å². The summed E-state index contributed by atoms with van der Waals surface area (Å²) in [7, 11) is 0. The summed E-state index contributed by atoms with van der Waals surface area (Å²) in [6.45, 7) is 6.81. The average Bonchev–Trinajstić information content (AvgIpc) is 2.81. The van der Waals surface area contributed by atoms with E-state index in [9.17, 15) is 9.18 Å². The zero-order valence-corrected chi connectivity index (χ0v) is 13.4. The van der Waals surface area contributed by atoms with Gasteiger partial charge in [-0.05, 0) is 51.8 Å². The lowest BCUT2D eigenvalue weighted by atomic mass is 10.1. The first kappa shape index (κ1) is 16.2.